The van der Waals surface area contributed by atoms with E-state index in [1.54, 1.807) is 4.90 Å². The summed E-state index contributed by atoms with van der Waals surface area (Å²) in [5.74, 6) is -0.0403. The summed E-state index contributed by atoms with van der Waals surface area (Å²) in [6.45, 7) is 0.669. The summed E-state index contributed by atoms with van der Waals surface area (Å²) in [5, 5.41) is 2.91. The first-order chi connectivity index (χ1) is 10.2. The van der Waals surface area contributed by atoms with Gasteiger partial charge < -0.3 is 16.0 Å². The lowest BCUT2D eigenvalue weighted by molar-refractivity contribution is -0.137. The molecule has 5 heteroatoms. The number of likely N-dealkylation sites (tertiary alicyclic amines) is 1. The van der Waals surface area contributed by atoms with Crippen molar-refractivity contribution in [2.75, 3.05) is 6.54 Å². The highest BCUT2D eigenvalue weighted by Crippen LogP contribution is 2.30. The number of nitrogens with one attached hydrogen (secondary N) is 1. The van der Waals surface area contributed by atoms with Gasteiger partial charge in [0.2, 0.25) is 5.91 Å². The Hall–Kier alpha value is -1.88. The van der Waals surface area contributed by atoms with Gasteiger partial charge in [-0.3, -0.25) is 9.59 Å². The SMILES string of the molecule is N[C@@H]1CCCN1C(=O)[C@@H](NC(=O)C1CC1)c1ccccc1. The van der Waals surface area contributed by atoms with Crippen LogP contribution in [-0.4, -0.2) is 29.4 Å². The third kappa shape index (κ3) is 3.08. The molecule has 0 spiro atoms. The maximum atomic E-state index is 12.8. The molecule has 2 aliphatic rings. The number of hydrogen-bond donors (Lipinski definition) is 2. The molecule has 1 aromatic rings. The van der Waals surface area contributed by atoms with E-state index in [4.69, 9.17) is 5.73 Å². The van der Waals surface area contributed by atoms with Crippen LogP contribution in [-0.2, 0) is 9.59 Å². The molecule has 0 aromatic heterocycles. The lowest BCUT2D eigenvalue weighted by Gasteiger charge is -2.27. The van der Waals surface area contributed by atoms with Crippen LogP contribution in [0.4, 0.5) is 0 Å². The molecule has 1 saturated heterocycles. The molecular formula is C16H21N3O2. The highest BCUT2D eigenvalue weighted by atomic mass is 16.2. The fourth-order valence-corrected chi connectivity index (χ4v) is 2.77. The minimum Gasteiger partial charge on any atom is -0.340 e. The van der Waals surface area contributed by atoms with Crippen molar-refractivity contribution in [1.29, 1.82) is 0 Å². The molecule has 21 heavy (non-hydrogen) atoms. The van der Waals surface area contributed by atoms with Crippen molar-refractivity contribution in [3.05, 3.63) is 35.9 Å². The van der Waals surface area contributed by atoms with E-state index in [-0.39, 0.29) is 23.9 Å². The molecule has 0 radical (unpaired) electrons. The average Bonchev–Trinajstić information content (AvgIpc) is 3.27. The molecule has 112 valence electrons. The van der Waals surface area contributed by atoms with Gasteiger partial charge in [0.25, 0.3) is 5.91 Å². The van der Waals surface area contributed by atoms with Crippen molar-refractivity contribution in [1.82, 2.24) is 10.2 Å². The number of hydrogen-bond acceptors (Lipinski definition) is 3. The van der Waals surface area contributed by atoms with Crippen molar-refractivity contribution >= 4 is 11.8 Å². The Bertz CT molecular complexity index is 528. The van der Waals surface area contributed by atoms with Crippen molar-refractivity contribution in [3.63, 3.8) is 0 Å². The van der Waals surface area contributed by atoms with Crippen molar-refractivity contribution in [3.8, 4) is 0 Å². The summed E-state index contributed by atoms with van der Waals surface area (Å²) in [6.07, 6.45) is 3.35. The second kappa shape index (κ2) is 5.85. The van der Waals surface area contributed by atoms with E-state index >= 15 is 0 Å². The zero-order chi connectivity index (χ0) is 14.8. The van der Waals surface area contributed by atoms with Gasteiger partial charge in [0.1, 0.15) is 6.04 Å². The molecule has 2 amide bonds. The van der Waals surface area contributed by atoms with E-state index in [9.17, 15) is 9.59 Å². The molecule has 3 N–H and O–H groups in total. The zero-order valence-corrected chi connectivity index (χ0v) is 12.0. The van der Waals surface area contributed by atoms with Gasteiger partial charge >= 0.3 is 0 Å². The van der Waals surface area contributed by atoms with Crippen molar-refractivity contribution in [2.24, 2.45) is 11.7 Å². The van der Waals surface area contributed by atoms with Crippen LogP contribution < -0.4 is 11.1 Å². The predicted octanol–water partition coefficient (Wildman–Crippen LogP) is 1.16. The normalized spacial score (nSPS) is 22.9. The van der Waals surface area contributed by atoms with Crippen LogP contribution in [0.5, 0.6) is 0 Å². The largest absolute Gasteiger partial charge is 0.340 e. The minimum atomic E-state index is -0.622. The smallest absolute Gasteiger partial charge is 0.251 e. The number of nitrogens with two attached hydrogens (primary N) is 1. The molecule has 2 fully saturated rings. The molecule has 3 rings (SSSR count). The predicted molar refractivity (Wildman–Crippen MR) is 79.0 cm³/mol. The number of carbonyl (C=O) groups is 2. The molecule has 2 atom stereocenters. The average molecular weight is 287 g/mol. The Kier molecular flexibility index (Phi) is 3.92. The molecule has 1 aliphatic carbocycles. The quantitative estimate of drug-likeness (QED) is 0.872. The molecule has 0 unspecified atom stereocenters. The van der Waals surface area contributed by atoms with E-state index in [1.165, 1.54) is 0 Å². The topological polar surface area (TPSA) is 75.4 Å². The number of amides is 2. The van der Waals surface area contributed by atoms with E-state index < -0.39 is 6.04 Å². The highest BCUT2D eigenvalue weighted by molar-refractivity contribution is 5.90. The summed E-state index contributed by atoms with van der Waals surface area (Å²) in [4.78, 5) is 26.5. The molecule has 1 aliphatic heterocycles. The summed E-state index contributed by atoms with van der Waals surface area (Å²) in [6, 6.07) is 8.78. The number of benzene rings is 1. The van der Waals surface area contributed by atoms with E-state index in [0.29, 0.717) is 6.54 Å². The lowest BCUT2D eigenvalue weighted by atomic mass is 10.1. The van der Waals surface area contributed by atoms with Gasteiger partial charge in [0, 0.05) is 12.5 Å². The van der Waals surface area contributed by atoms with Gasteiger partial charge in [-0.25, -0.2) is 0 Å². The van der Waals surface area contributed by atoms with Gasteiger partial charge in [0.05, 0.1) is 6.17 Å². The molecule has 1 aromatic carbocycles. The van der Waals surface area contributed by atoms with Crippen molar-refractivity contribution in [2.45, 2.75) is 37.9 Å². The number of rotatable bonds is 4. The Morgan fingerprint density at radius 3 is 2.48 bits per heavy atom. The zero-order valence-electron chi connectivity index (χ0n) is 12.0. The first kappa shape index (κ1) is 14.1. The monoisotopic (exact) mass is 287 g/mol. The molecule has 1 heterocycles. The molecule has 1 saturated carbocycles. The van der Waals surface area contributed by atoms with Crippen LogP contribution in [0.15, 0.2) is 30.3 Å². The van der Waals surface area contributed by atoms with Crippen LogP contribution >= 0.6 is 0 Å². The van der Waals surface area contributed by atoms with E-state index in [1.807, 2.05) is 30.3 Å². The number of nitrogens with zero attached hydrogens (tertiary/aromatic N) is 1. The summed E-state index contributed by atoms with van der Waals surface area (Å²) >= 11 is 0. The molecule has 0 bridgehead atoms. The maximum absolute atomic E-state index is 12.8. The Morgan fingerprint density at radius 2 is 1.90 bits per heavy atom. The van der Waals surface area contributed by atoms with Gasteiger partial charge in [-0.05, 0) is 31.2 Å². The number of carbonyl (C=O) groups excluding carboxylic acids is 2. The van der Waals surface area contributed by atoms with Crippen LogP contribution in [0.3, 0.4) is 0 Å². The van der Waals surface area contributed by atoms with Gasteiger partial charge in [-0.2, -0.15) is 0 Å². The maximum Gasteiger partial charge on any atom is 0.251 e. The van der Waals surface area contributed by atoms with Gasteiger partial charge in [0.15, 0.2) is 0 Å². The summed E-state index contributed by atoms with van der Waals surface area (Å²) < 4.78 is 0. The second-order valence-electron chi connectivity index (χ2n) is 5.87. The van der Waals surface area contributed by atoms with Crippen molar-refractivity contribution < 1.29 is 9.59 Å². The molecule has 5 nitrogen and oxygen atoms in total. The minimum absolute atomic E-state index is 0.0232. The van der Waals surface area contributed by atoms with Gasteiger partial charge in [-0.1, -0.05) is 30.3 Å². The van der Waals surface area contributed by atoms with Crippen LogP contribution in [0.1, 0.15) is 37.3 Å². The summed E-state index contributed by atoms with van der Waals surface area (Å²) in [5.41, 5.74) is 6.81. The third-order valence-electron chi connectivity index (χ3n) is 4.20. The molecular weight excluding hydrogens is 266 g/mol. The van der Waals surface area contributed by atoms with E-state index in [0.717, 1.165) is 31.2 Å². The Morgan fingerprint density at radius 1 is 1.19 bits per heavy atom. The Balaban J connectivity index is 1.80. The lowest BCUT2D eigenvalue weighted by Crippen LogP contribution is -2.48. The summed E-state index contributed by atoms with van der Waals surface area (Å²) in [7, 11) is 0. The standard InChI is InChI=1S/C16H21N3O2/c17-13-7-4-10-19(13)16(21)14(11-5-2-1-3-6-11)18-15(20)12-8-9-12/h1-3,5-6,12-14H,4,7-10,17H2,(H,18,20)/t13-,14-/m0/s1. The third-order valence-corrected chi connectivity index (χ3v) is 4.20. The van der Waals surface area contributed by atoms with Gasteiger partial charge in [-0.15, -0.1) is 0 Å². The first-order valence-corrected chi connectivity index (χ1v) is 7.58. The van der Waals surface area contributed by atoms with Crippen LogP contribution in [0.25, 0.3) is 0 Å². The van der Waals surface area contributed by atoms with E-state index in [2.05, 4.69) is 5.32 Å². The van der Waals surface area contributed by atoms with Crippen LogP contribution in [0.2, 0.25) is 0 Å². The fraction of sp³-hybridized carbons (Fsp3) is 0.500. The second-order valence-corrected chi connectivity index (χ2v) is 5.87. The van der Waals surface area contributed by atoms with Crippen LogP contribution in [0, 0.1) is 5.92 Å². The Labute approximate surface area is 124 Å². The fourth-order valence-electron chi connectivity index (χ4n) is 2.77. The highest BCUT2D eigenvalue weighted by Gasteiger charge is 2.36. The first-order valence-electron chi connectivity index (χ1n) is 7.58.